The SMILES string of the molecule is O=C=C1NC2(CO1)Oc1ccccc1C2Br. The number of benzene rings is 1. The Morgan fingerprint density at radius 3 is 3.00 bits per heavy atom. The van der Waals surface area contributed by atoms with Gasteiger partial charge in [-0.1, -0.05) is 34.1 Å². The van der Waals surface area contributed by atoms with Crippen LogP contribution >= 0.6 is 15.9 Å². The summed E-state index contributed by atoms with van der Waals surface area (Å²) in [6, 6.07) is 7.72. The highest BCUT2D eigenvalue weighted by Gasteiger charge is 2.52. The molecule has 1 saturated heterocycles. The van der Waals surface area contributed by atoms with Crippen molar-refractivity contribution in [3.8, 4) is 5.75 Å². The topological polar surface area (TPSA) is 47.6 Å². The van der Waals surface area contributed by atoms with Crippen LogP contribution in [0.15, 0.2) is 30.1 Å². The van der Waals surface area contributed by atoms with Crippen molar-refractivity contribution < 1.29 is 14.3 Å². The number of halogens is 1. The van der Waals surface area contributed by atoms with E-state index in [2.05, 4.69) is 21.2 Å². The zero-order valence-electron chi connectivity index (χ0n) is 8.20. The quantitative estimate of drug-likeness (QED) is 0.578. The molecule has 1 spiro atoms. The summed E-state index contributed by atoms with van der Waals surface area (Å²) in [4.78, 5) is 10.5. The normalized spacial score (nSPS) is 30.3. The smallest absolute Gasteiger partial charge is 0.278 e. The van der Waals surface area contributed by atoms with Crippen LogP contribution < -0.4 is 10.1 Å². The van der Waals surface area contributed by atoms with Crippen molar-refractivity contribution in [2.75, 3.05) is 6.61 Å². The lowest BCUT2D eigenvalue weighted by Gasteiger charge is -2.24. The summed E-state index contributed by atoms with van der Waals surface area (Å²) in [6.45, 7) is 0.280. The van der Waals surface area contributed by atoms with Crippen molar-refractivity contribution in [3.63, 3.8) is 0 Å². The Kier molecular flexibility index (Phi) is 1.99. The summed E-state index contributed by atoms with van der Waals surface area (Å²) in [5.74, 6) is 2.59. The van der Waals surface area contributed by atoms with E-state index in [9.17, 15) is 4.79 Å². The van der Waals surface area contributed by atoms with E-state index in [1.54, 1.807) is 5.94 Å². The molecule has 16 heavy (non-hydrogen) atoms. The molecule has 1 aromatic carbocycles. The highest BCUT2D eigenvalue weighted by Crippen LogP contribution is 2.48. The summed E-state index contributed by atoms with van der Waals surface area (Å²) in [5, 5.41) is 2.91. The van der Waals surface area contributed by atoms with Gasteiger partial charge in [-0.25, -0.2) is 4.79 Å². The van der Waals surface area contributed by atoms with Crippen molar-refractivity contribution in [3.05, 3.63) is 35.7 Å². The predicted molar refractivity (Wildman–Crippen MR) is 59.8 cm³/mol. The molecule has 0 aliphatic carbocycles. The molecule has 1 fully saturated rings. The van der Waals surface area contributed by atoms with Crippen molar-refractivity contribution in [2.45, 2.75) is 10.6 Å². The zero-order chi connectivity index (χ0) is 11.2. The first kappa shape index (κ1) is 9.75. The van der Waals surface area contributed by atoms with Crippen LogP contribution in [0.2, 0.25) is 0 Å². The Balaban J connectivity index is 2.01. The number of para-hydroxylation sites is 1. The van der Waals surface area contributed by atoms with E-state index in [1.165, 1.54) is 0 Å². The molecule has 2 aliphatic rings. The van der Waals surface area contributed by atoms with Gasteiger partial charge in [-0.3, -0.25) is 0 Å². The highest BCUT2D eigenvalue weighted by molar-refractivity contribution is 9.09. The van der Waals surface area contributed by atoms with E-state index >= 15 is 0 Å². The number of alkyl halides is 1. The minimum absolute atomic E-state index is 0.0537. The predicted octanol–water partition coefficient (Wildman–Crippen LogP) is 1.50. The van der Waals surface area contributed by atoms with E-state index in [4.69, 9.17) is 9.47 Å². The molecule has 4 nitrogen and oxygen atoms in total. The molecule has 2 unspecified atom stereocenters. The molecule has 0 radical (unpaired) electrons. The number of hydrogen-bond acceptors (Lipinski definition) is 4. The highest BCUT2D eigenvalue weighted by atomic mass is 79.9. The van der Waals surface area contributed by atoms with Crippen LogP contribution in [0, 0.1) is 0 Å². The minimum atomic E-state index is -0.726. The van der Waals surface area contributed by atoms with Gasteiger partial charge in [-0.05, 0) is 6.07 Å². The van der Waals surface area contributed by atoms with Crippen molar-refractivity contribution >= 4 is 21.9 Å². The van der Waals surface area contributed by atoms with Crippen LogP contribution in [0.4, 0.5) is 0 Å². The maximum atomic E-state index is 10.5. The summed E-state index contributed by atoms with van der Waals surface area (Å²) in [6.07, 6.45) is 0. The Morgan fingerprint density at radius 1 is 1.50 bits per heavy atom. The first-order valence-corrected chi connectivity index (χ1v) is 5.75. The molecule has 0 amide bonds. The van der Waals surface area contributed by atoms with Gasteiger partial charge in [0.05, 0.1) is 0 Å². The van der Waals surface area contributed by atoms with Gasteiger partial charge in [-0.15, -0.1) is 0 Å². The molecule has 3 rings (SSSR count). The molecule has 2 atom stereocenters. The average molecular weight is 282 g/mol. The summed E-state index contributed by atoms with van der Waals surface area (Å²) >= 11 is 3.57. The molecule has 1 aromatic rings. The second kappa shape index (κ2) is 3.27. The molecule has 2 aliphatic heterocycles. The van der Waals surface area contributed by atoms with Crippen LogP contribution in [0.25, 0.3) is 0 Å². The third-order valence-corrected chi connectivity index (χ3v) is 3.98. The summed E-state index contributed by atoms with van der Waals surface area (Å²) in [7, 11) is 0. The molecular weight excluding hydrogens is 274 g/mol. The maximum Gasteiger partial charge on any atom is 0.278 e. The van der Waals surface area contributed by atoms with Gasteiger partial charge in [0.25, 0.3) is 5.88 Å². The Hall–Kier alpha value is -1.45. The molecule has 1 N–H and O–H groups in total. The summed E-state index contributed by atoms with van der Waals surface area (Å²) in [5.41, 5.74) is 0.321. The Bertz CT molecular complexity index is 498. The van der Waals surface area contributed by atoms with Gasteiger partial charge in [0.2, 0.25) is 5.72 Å². The first-order valence-electron chi connectivity index (χ1n) is 4.83. The number of ether oxygens (including phenoxy) is 2. The van der Waals surface area contributed by atoms with E-state index in [0.717, 1.165) is 11.3 Å². The Labute approximate surface area is 100 Å². The third kappa shape index (κ3) is 1.19. The standard InChI is InChI=1S/C11H8BrNO3/c12-10-7-3-1-2-4-8(7)16-11(10)6-15-9(5-14)13-11/h1-4,10,13H,6H2. The Morgan fingerprint density at radius 2 is 2.31 bits per heavy atom. The van der Waals surface area contributed by atoms with Crippen molar-refractivity contribution in [2.24, 2.45) is 0 Å². The molecule has 82 valence electrons. The van der Waals surface area contributed by atoms with Crippen LogP contribution in [0.3, 0.4) is 0 Å². The molecule has 0 bridgehead atoms. The lowest BCUT2D eigenvalue weighted by atomic mass is 10.1. The largest absolute Gasteiger partial charge is 0.465 e. The van der Waals surface area contributed by atoms with Gasteiger partial charge in [0, 0.05) is 5.56 Å². The zero-order valence-corrected chi connectivity index (χ0v) is 9.78. The fourth-order valence-electron chi connectivity index (χ4n) is 1.97. The van der Waals surface area contributed by atoms with Crippen LogP contribution in [0.1, 0.15) is 10.4 Å². The van der Waals surface area contributed by atoms with Crippen LogP contribution in [-0.4, -0.2) is 18.3 Å². The lowest BCUT2D eigenvalue weighted by molar-refractivity contribution is 0.0607. The monoisotopic (exact) mass is 281 g/mol. The number of nitrogens with one attached hydrogen (secondary N) is 1. The van der Waals surface area contributed by atoms with Gasteiger partial charge < -0.3 is 14.8 Å². The van der Waals surface area contributed by atoms with Gasteiger partial charge in [0.15, 0.2) is 12.5 Å². The summed E-state index contributed by atoms with van der Waals surface area (Å²) < 4.78 is 11.0. The lowest BCUT2D eigenvalue weighted by Crippen LogP contribution is -2.47. The fraction of sp³-hybridized carbons (Fsp3) is 0.273. The van der Waals surface area contributed by atoms with Crippen LogP contribution in [-0.2, 0) is 9.53 Å². The second-order valence-electron chi connectivity index (χ2n) is 3.74. The molecule has 0 aromatic heterocycles. The fourth-order valence-corrected chi connectivity index (χ4v) is 2.69. The third-order valence-electron chi connectivity index (χ3n) is 2.74. The second-order valence-corrected chi connectivity index (χ2v) is 4.65. The molecule has 5 heteroatoms. The first-order chi connectivity index (χ1) is 7.75. The van der Waals surface area contributed by atoms with E-state index in [-0.39, 0.29) is 17.3 Å². The maximum absolute atomic E-state index is 10.5. The van der Waals surface area contributed by atoms with E-state index in [0.29, 0.717) is 0 Å². The van der Waals surface area contributed by atoms with Crippen molar-refractivity contribution in [1.29, 1.82) is 0 Å². The van der Waals surface area contributed by atoms with Gasteiger partial charge in [-0.2, -0.15) is 0 Å². The molecule has 2 heterocycles. The number of rotatable bonds is 0. The number of hydrogen-bond donors (Lipinski definition) is 1. The van der Waals surface area contributed by atoms with Crippen LogP contribution in [0.5, 0.6) is 5.75 Å². The average Bonchev–Trinajstić information content (AvgIpc) is 2.84. The number of fused-ring (bicyclic) bond motifs is 1. The molecular formula is C11H8BrNO3. The van der Waals surface area contributed by atoms with Crippen molar-refractivity contribution in [1.82, 2.24) is 5.32 Å². The number of carbonyl (C=O) groups excluding carboxylic acids is 1. The molecule has 0 saturated carbocycles. The van der Waals surface area contributed by atoms with E-state index < -0.39 is 5.72 Å². The van der Waals surface area contributed by atoms with Gasteiger partial charge >= 0.3 is 0 Å². The van der Waals surface area contributed by atoms with Gasteiger partial charge in [0.1, 0.15) is 10.6 Å². The van der Waals surface area contributed by atoms with E-state index in [1.807, 2.05) is 24.3 Å². The minimum Gasteiger partial charge on any atom is -0.465 e.